The van der Waals surface area contributed by atoms with Crippen LogP contribution in [-0.4, -0.2) is 23.9 Å². The third kappa shape index (κ3) is 5.60. The fourth-order valence-corrected chi connectivity index (χ4v) is 1.79. The summed E-state index contributed by atoms with van der Waals surface area (Å²) in [5, 5.41) is 0. The standard InChI is InChI=1S/C13H25NO/c1-6-9-13(4,5)10-11-14(8-3)12(15)7-2/h7H,2,6,8-11H2,1,3-5H3. The second-order valence-corrected chi connectivity index (χ2v) is 4.79. The van der Waals surface area contributed by atoms with Gasteiger partial charge in [0.2, 0.25) is 5.91 Å². The molecule has 2 heteroatoms. The van der Waals surface area contributed by atoms with Crippen molar-refractivity contribution in [3.8, 4) is 0 Å². The summed E-state index contributed by atoms with van der Waals surface area (Å²) in [6.07, 6.45) is 4.88. The van der Waals surface area contributed by atoms with E-state index in [1.807, 2.05) is 11.8 Å². The third-order valence-corrected chi connectivity index (χ3v) is 2.85. The molecule has 0 bridgehead atoms. The molecule has 15 heavy (non-hydrogen) atoms. The van der Waals surface area contributed by atoms with Crippen LogP contribution in [0.5, 0.6) is 0 Å². The van der Waals surface area contributed by atoms with Crippen LogP contribution in [0.4, 0.5) is 0 Å². The minimum atomic E-state index is 0.0461. The zero-order chi connectivity index (χ0) is 11.9. The molecule has 1 amide bonds. The zero-order valence-electron chi connectivity index (χ0n) is 10.7. The summed E-state index contributed by atoms with van der Waals surface area (Å²) in [5.74, 6) is 0.0461. The Labute approximate surface area is 94.4 Å². The van der Waals surface area contributed by atoms with E-state index in [9.17, 15) is 4.79 Å². The van der Waals surface area contributed by atoms with E-state index in [0.717, 1.165) is 19.5 Å². The van der Waals surface area contributed by atoms with E-state index >= 15 is 0 Å². The first-order valence-corrected chi connectivity index (χ1v) is 5.88. The Balaban J connectivity index is 4.10. The minimum absolute atomic E-state index is 0.0461. The normalized spacial score (nSPS) is 11.2. The molecule has 0 unspecified atom stereocenters. The van der Waals surface area contributed by atoms with Crippen molar-refractivity contribution in [2.75, 3.05) is 13.1 Å². The Kier molecular flexibility index (Phi) is 6.30. The van der Waals surface area contributed by atoms with Crippen molar-refractivity contribution < 1.29 is 4.79 Å². The maximum atomic E-state index is 11.4. The second-order valence-electron chi connectivity index (χ2n) is 4.79. The second kappa shape index (κ2) is 6.65. The number of carbonyl (C=O) groups excluding carboxylic acids is 1. The van der Waals surface area contributed by atoms with Gasteiger partial charge in [0.15, 0.2) is 0 Å². The Morgan fingerprint density at radius 3 is 2.33 bits per heavy atom. The highest BCUT2D eigenvalue weighted by Crippen LogP contribution is 2.26. The summed E-state index contributed by atoms with van der Waals surface area (Å²) in [7, 11) is 0. The summed E-state index contributed by atoms with van der Waals surface area (Å²) >= 11 is 0. The molecule has 0 aliphatic carbocycles. The highest BCUT2D eigenvalue weighted by atomic mass is 16.2. The van der Waals surface area contributed by atoms with Gasteiger partial charge in [-0.05, 0) is 31.3 Å². The summed E-state index contributed by atoms with van der Waals surface area (Å²) in [4.78, 5) is 13.3. The van der Waals surface area contributed by atoms with E-state index in [0.29, 0.717) is 5.41 Å². The Bertz CT molecular complexity index is 209. The Morgan fingerprint density at radius 1 is 1.33 bits per heavy atom. The minimum Gasteiger partial charge on any atom is -0.339 e. The van der Waals surface area contributed by atoms with Crippen LogP contribution < -0.4 is 0 Å². The summed E-state index contributed by atoms with van der Waals surface area (Å²) in [6, 6.07) is 0. The lowest BCUT2D eigenvalue weighted by molar-refractivity contribution is -0.126. The first-order chi connectivity index (χ1) is 6.96. The van der Waals surface area contributed by atoms with Gasteiger partial charge in [-0.3, -0.25) is 4.79 Å². The largest absolute Gasteiger partial charge is 0.339 e. The lowest BCUT2D eigenvalue weighted by atomic mass is 9.84. The van der Waals surface area contributed by atoms with Crippen molar-refractivity contribution in [2.45, 2.75) is 47.0 Å². The number of rotatable bonds is 7. The van der Waals surface area contributed by atoms with Gasteiger partial charge in [-0.15, -0.1) is 0 Å². The third-order valence-electron chi connectivity index (χ3n) is 2.85. The molecular weight excluding hydrogens is 186 g/mol. The van der Waals surface area contributed by atoms with E-state index < -0.39 is 0 Å². The summed E-state index contributed by atoms with van der Waals surface area (Å²) < 4.78 is 0. The van der Waals surface area contributed by atoms with Crippen LogP contribution in [0.3, 0.4) is 0 Å². The number of amides is 1. The fourth-order valence-electron chi connectivity index (χ4n) is 1.79. The predicted molar refractivity (Wildman–Crippen MR) is 65.8 cm³/mol. The molecule has 0 aromatic heterocycles. The monoisotopic (exact) mass is 211 g/mol. The van der Waals surface area contributed by atoms with E-state index in [4.69, 9.17) is 0 Å². The lowest BCUT2D eigenvalue weighted by Crippen LogP contribution is -2.32. The van der Waals surface area contributed by atoms with E-state index in [1.165, 1.54) is 18.9 Å². The van der Waals surface area contributed by atoms with Crippen molar-refractivity contribution in [1.29, 1.82) is 0 Å². The van der Waals surface area contributed by atoms with E-state index in [1.54, 1.807) is 0 Å². The topological polar surface area (TPSA) is 20.3 Å². The molecule has 0 N–H and O–H groups in total. The average molecular weight is 211 g/mol. The quantitative estimate of drug-likeness (QED) is 0.592. The zero-order valence-corrected chi connectivity index (χ0v) is 10.7. The molecule has 0 radical (unpaired) electrons. The average Bonchev–Trinajstić information content (AvgIpc) is 2.18. The molecule has 0 saturated heterocycles. The van der Waals surface area contributed by atoms with Crippen molar-refractivity contribution >= 4 is 5.91 Å². The Morgan fingerprint density at radius 2 is 1.93 bits per heavy atom. The molecule has 0 atom stereocenters. The number of likely N-dealkylation sites (N-methyl/N-ethyl adjacent to an activating group) is 1. The lowest BCUT2D eigenvalue weighted by Gasteiger charge is -2.28. The summed E-state index contributed by atoms with van der Waals surface area (Å²) in [6.45, 7) is 13.9. The fraction of sp³-hybridized carbons (Fsp3) is 0.769. The van der Waals surface area contributed by atoms with Crippen LogP contribution in [0.25, 0.3) is 0 Å². The number of nitrogens with zero attached hydrogens (tertiary/aromatic N) is 1. The highest BCUT2D eigenvalue weighted by molar-refractivity contribution is 5.86. The highest BCUT2D eigenvalue weighted by Gasteiger charge is 2.18. The van der Waals surface area contributed by atoms with Gasteiger partial charge < -0.3 is 4.90 Å². The van der Waals surface area contributed by atoms with Gasteiger partial charge in [0.05, 0.1) is 0 Å². The molecule has 0 aliphatic heterocycles. The number of carbonyl (C=O) groups is 1. The maximum absolute atomic E-state index is 11.4. The van der Waals surface area contributed by atoms with Crippen molar-refractivity contribution in [2.24, 2.45) is 5.41 Å². The Hall–Kier alpha value is -0.790. The molecule has 2 nitrogen and oxygen atoms in total. The van der Waals surface area contributed by atoms with Gasteiger partial charge in [0.25, 0.3) is 0 Å². The van der Waals surface area contributed by atoms with Gasteiger partial charge in [-0.1, -0.05) is 33.8 Å². The first-order valence-electron chi connectivity index (χ1n) is 5.88. The van der Waals surface area contributed by atoms with Crippen molar-refractivity contribution in [1.82, 2.24) is 4.90 Å². The van der Waals surface area contributed by atoms with Gasteiger partial charge in [-0.2, -0.15) is 0 Å². The maximum Gasteiger partial charge on any atom is 0.245 e. The predicted octanol–water partition coefficient (Wildman–Crippen LogP) is 3.24. The first kappa shape index (κ1) is 14.2. The van der Waals surface area contributed by atoms with Gasteiger partial charge in [0.1, 0.15) is 0 Å². The molecular formula is C13H25NO. The van der Waals surface area contributed by atoms with E-state index in [-0.39, 0.29) is 5.91 Å². The van der Waals surface area contributed by atoms with Crippen LogP contribution in [0.15, 0.2) is 12.7 Å². The van der Waals surface area contributed by atoms with E-state index in [2.05, 4.69) is 27.4 Å². The molecule has 0 rings (SSSR count). The SMILES string of the molecule is C=CC(=O)N(CC)CCC(C)(C)CCC. The number of hydrogen-bond acceptors (Lipinski definition) is 1. The molecule has 88 valence electrons. The van der Waals surface area contributed by atoms with Crippen LogP contribution in [0, 0.1) is 5.41 Å². The van der Waals surface area contributed by atoms with Crippen molar-refractivity contribution in [3.63, 3.8) is 0 Å². The molecule has 0 heterocycles. The van der Waals surface area contributed by atoms with Gasteiger partial charge >= 0.3 is 0 Å². The molecule has 0 fully saturated rings. The molecule has 0 saturated carbocycles. The van der Waals surface area contributed by atoms with Crippen LogP contribution >= 0.6 is 0 Å². The molecule has 0 aromatic rings. The van der Waals surface area contributed by atoms with Gasteiger partial charge in [0, 0.05) is 13.1 Å². The van der Waals surface area contributed by atoms with Crippen LogP contribution in [-0.2, 0) is 4.79 Å². The van der Waals surface area contributed by atoms with Gasteiger partial charge in [-0.25, -0.2) is 0 Å². The van der Waals surface area contributed by atoms with Crippen LogP contribution in [0.2, 0.25) is 0 Å². The molecule has 0 aromatic carbocycles. The smallest absolute Gasteiger partial charge is 0.245 e. The number of hydrogen-bond donors (Lipinski definition) is 0. The molecule has 0 aliphatic rings. The van der Waals surface area contributed by atoms with Crippen LogP contribution in [0.1, 0.15) is 47.0 Å². The molecule has 0 spiro atoms. The van der Waals surface area contributed by atoms with Crippen molar-refractivity contribution in [3.05, 3.63) is 12.7 Å². The summed E-state index contributed by atoms with van der Waals surface area (Å²) in [5.41, 5.74) is 0.337.